The van der Waals surface area contributed by atoms with E-state index in [9.17, 15) is 4.79 Å². The molecule has 0 saturated carbocycles. The molecule has 2 heteroatoms. The van der Waals surface area contributed by atoms with Crippen molar-refractivity contribution in [1.82, 2.24) is 5.32 Å². The molecule has 0 fully saturated rings. The Morgan fingerprint density at radius 3 is 1.96 bits per heavy atom. The third-order valence-electron chi connectivity index (χ3n) is 4.10. The maximum absolute atomic E-state index is 12.2. The van der Waals surface area contributed by atoms with Crippen LogP contribution in [-0.2, 0) is 11.2 Å². The molecule has 0 saturated heterocycles. The summed E-state index contributed by atoms with van der Waals surface area (Å²) in [5.41, 5.74) is 4.49. The molecule has 1 atom stereocenters. The molecule has 0 unspecified atom stereocenters. The van der Waals surface area contributed by atoms with Crippen molar-refractivity contribution in [1.29, 1.82) is 0 Å². The molecule has 2 nitrogen and oxygen atoms in total. The molecule has 0 bridgehead atoms. The lowest BCUT2D eigenvalue weighted by molar-refractivity contribution is -0.121. The van der Waals surface area contributed by atoms with Crippen molar-refractivity contribution in [3.63, 3.8) is 0 Å². The van der Waals surface area contributed by atoms with Gasteiger partial charge in [-0.15, -0.1) is 0 Å². The summed E-state index contributed by atoms with van der Waals surface area (Å²) in [5.74, 6) is 0.0406. The van der Waals surface area contributed by atoms with Crippen LogP contribution in [0.15, 0.2) is 84.9 Å². The molecular weight excluding hydrogens is 294 g/mol. The van der Waals surface area contributed by atoms with Gasteiger partial charge in [-0.05, 0) is 29.2 Å². The maximum Gasteiger partial charge on any atom is 0.224 e. The molecule has 0 aliphatic rings. The second-order valence-electron chi connectivity index (χ2n) is 5.94. The predicted octanol–water partition coefficient (Wildman–Crippen LogP) is 4.77. The Morgan fingerprint density at radius 1 is 0.792 bits per heavy atom. The van der Waals surface area contributed by atoms with E-state index in [1.807, 2.05) is 67.6 Å². The SMILES string of the molecule is C[C@@H](NC(=O)Cc1ccc(-c2ccccc2)cc1)c1ccccc1. The number of amides is 1. The minimum absolute atomic E-state index is 0.0160. The Balaban J connectivity index is 1.61. The average Bonchev–Trinajstić information content (AvgIpc) is 2.64. The standard InChI is InChI=1S/C22H21NO/c1-17(19-8-4-2-5-9-19)23-22(24)16-18-12-14-21(15-13-18)20-10-6-3-7-11-20/h2-15,17H,16H2,1H3,(H,23,24)/t17-/m1/s1. The maximum atomic E-state index is 12.2. The first kappa shape index (κ1) is 16.0. The van der Waals surface area contributed by atoms with E-state index < -0.39 is 0 Å². The highest BCUT2D eigenvalue weighted by molar-refractivity contribution is 5.79. The molecule has 0 aliphatic heterocycles. The summed E-state index contributed by atoms with van der Waals surface area (Å²) in [4.78, 5) is 12.2. The normalized spacial score (nSPS) is 11.7. The quantitative estimate of drug-likeness (QED) is 0.721. The fraction of sp³-hybridized carbons (Fsp3) is 0.136. The van der Waals surface area contributed by atoms with E-state index >= 15 is 0 Å². The summed E-state index contributed by atoms with van der Waals surface area (Å²) in [6.07, 6.45) is 0.395. The smallest absolute Gasteiger partial charge is 0.224 e. The van der Waals surface area contributed by atoms with Gasteiger partial charge in [0.15, 0.2) is 0 Å². The Kier molecular flexibility index (Phi) is 5.07. The van der Waals surface area contributed by atoms with Gasteiger partial charge in [-0.25, -0.2) is 0 Å². The summed E-state index contributed by atoms with van der Waals surface area (Å²) in [7, 11) is 0. The van der Waals surface area contributed by atoms with Crippen molar-refractivity contribution >= 4 is 5.91 Å². The molecule has 0 heterocycles. The van der Waals surface area contributed by atoms with Crippen molar-refractivity contribution in [3.05, 3.63) is 96.1 Å². The van der Waals surface area contributed by atoms with Crippen LogP contribution in [0.4, 0.5) is 0 Å². The van der Waals surface area contributed by atoms with Gasteiger partial charge in [0.05, 0.1) is 12.5 Å². The fourth-order valence-corrected chi connectivity index (χ4v) is 2.75. The van der Waals surface area contributed by atoms with Crippen LogP contribution in [0.25, 0.3) is 11.1 Å². The molecule has 0 spiro atoms. The summed E-state index contributed by atoms with van der Waals surface area (Å²) in [6, 6.07) is 28.4. The van der Waals surface area contributed by atoms with Crippen molar-refractivity contribution < 1.29 is 4.79 Å². The highest BCUT2D eigenvalue weighted by Crippen LogP contribution is 2.19. The Labute approximate surface area is 143 Å². The monoisotopic (exact) mass is 315 g/mol. The summed E-state index contributed by atoms with van der Waals surface area (Å²) in [5, 5.41) is 3.05. The van der Waals surface area contributed by atoms with Crippen LogP contribution in [0.1, 0.15) is 24.1 Å². The topological polar surface area (TPSA) is 29.1 Å². The molecule has 120 valence electrons. The van der Waals surface area contributed by atoms with Gasteiger partial charge in [-0.1, -0.05) is 84.9 Å². The van der Waals surface area contributed by atoms with Crippen molar-refractivity contribution in [2.45, 2.75) is 19.4 Å². The van der Waals surface area contributed by atoms with Crippen molar-refractivity contribution in [3.8, 4) is 11.1 Å². The molecule has 0 radical (unpaired) electrons. The van der Waals surface area contributed by atoms with Crippen LogP contribution in [0.2, 0.25) is 0 Å². The molecule has 0 aromatic heterocycles. The first-order chi connectivity index (χ1) is 11.7. The minimum Gasteiger partial charge on any atom is -0.349 e. The zero-order chi connectivity index (χ0) is 16.8. The number of nitrogens with one attached hydrogen (secondary N) is 1. The molecule has 1 N–H and O–H groups in total. The number of carbonyl (C=O) groups is 1. The molecule has 3 rings (SSSR count). The van der Waals surface area contributed by atoms with Gasteiger partial charge in [-0.3, -0.25) is 4.79 Å². The predicted molar refractivity (Wildman–Crippen MR) is 98.6 cm³/mol. The first-order valence-corrected chi connectivity index (χ1v) is 8.21. The average molecular weight is 315 g/mol. The third kappa shape index (κ3) is 4.11. The number of carbonyl (C=O) groups excluding carboxylic acids is 1. The largest absolute Gasteiger partial charge is 0.349 e. The van der Waals surface area contributed by atoms with Crippen LogP contribution in [-0.4, -0.2) is 5.91 Å². The van der Waals surface area contributed by atoms with Gasteiger partial charge < -0.3 is 5.32 Å². The Morgan fingerprint density at radius 2 is 1.33 bits per heavy atom. The second-order valence-corrected chi connectivity index (χ2v) is 5.94. The van der Waals surface area contributed by atoms with E-state index in [0.29, 0.717) is 6.42 Å². The van der Waals surface area contributed by atoms with E-state index in [1.165, 1.54) is 5.56 Å². The highest BCUT2D eigenvalue weighted by atomic mass is 16.1. The zero-order valence-corrected chi connectivity index (χ0v) is 13.8. The first-order valence-electron chi connectivity index (χ1n) is 8.21. The number of rotatable bonds is 5. The van der Waals surface area contributed by atoms with Gasteiger partial charge in [0, 0.05) is 0 Å². The molecule has 1 amide bonds. The highest BCUT2D eigenvalue weighted by Gasteiger charge is 2.09. The lowest BCUT2D eigenvalue weighted by Crippen LogP contribution is -2.28. The van der Waals surface area contributed by atoms with E-state index in [-0.39, 0.29) is 11.9 Å². The van der Waals surface area contributed by atoms with Gasteiger partial charge in [0.2, 0.25) is 5.91 Å². The Bertz CT molecular complexity index is 779. The fourth-order valence-electron chi connectivity index (χ4n) is 2.75. The third-order valence-corrected chi connectivity index (χ3v) is 4.10. The van der Waals surface area contributed by atoms with Gasteiger partial charge in [0.25, 0.3) is 0 Å². The molecular formula is C22H21NO. The zero-order valence-electron chi connectivity index (χ0n) is 13.8. The van der Waals surface area contributed by atoms with Crippen molar-refractivity contribution in [2.75, 3.05) is 0 Å². The van der Waals surface area contributed by atoms with E-state index in [1.54, 1.807) is 0 Å². The van der Waals surface area contributed by atoms with Crippen LogP contribution in [0.3, 0.4) is 0 Å². The second kappa shape index (κ2) is 7.60. The Hall–Kier alpha value is -2.87. The lowest BCUT2D eigenvalue weighted by Gasteiger charge is -2.14. The van der Waals surface area contributed by atoms with Crippen LogP contribution in [0.5, 0.6) is 0 Å². The number of hydrogen-bond donors (Lipinski definition) is 1. The van der Waals surface area contributed by atoms with E-state index in [4.69, 9.17) is 0 Å². The van der Waals surface area contributed by atoms with Crippen molar-refractivity contribution in [2.24, 2.45) is 0 Å². The van der Waals surface area contributed by atoms with Gasteiger partial charge in [-0.2, -0.15) is 0 Å². The molecule has 0 aliphatic carbocycles. The molecule has 3 aromatic rings. The van der Waals surface area contributed by atoms with Crippen LogP contribution >= 0.6 is 0 Å². The molecule has 3 aromatic carbocycles. The summed E-state index contributed by atoms with van der Waals surface area (Å²) >= 11 is 0. The van der Waals surface area contributed by atoms with Gasteiger partial charge in [0.1, 0.15) is 0 Å². The molecule has 24 heavy (non-hydrogen) atoms. The van der Waals surface area contributed by atoms with Crippen LogP contribution < -0.4 is 5.32 Å². The van der Waals surface area contributed by atoms with Gasteiger partial charge >= 0.3 is 0 Å². The minimum atomic E-state index is 0.0160. The summed E-state index contributed by atoms with van der Waals surface area (Å²) < 4.78 is 0. The van der Waals surface area contributed by atoms with Crippen LogP contribution in [0, 0.1) is 0 Å². The van der Waals surface area contributed by atoms with E-state index in [0.717, 1.165) is 16.7 Å². The lowest BCUT2D eigenvalue weighted by atomic mass is 10.0. The van der Waals surface area contributed by atoms with E-state index in [2.05, 4.69) is 29.6 Å². The number of hydrogen-bond acceptors (Lipinski definition) is 1. The number of benzene rings is 3. The summed E-state index contributed by atoms with van der Waals surface area (Å²) in [6.45, 7) is 2.01.